The molecular formula is C14H19BrN2O2. The zero-order chi connectivity index (χ0) is 14.4. The van der Waals surface area contributed by atoms with Gasteiger partial charge in [-0.2, -0.15) is 0 Å². The third kappa shape index (κ3) is 4.76. The molecular weight excluding hydrogens is 308 g/mol. The molecule has 1 aromatic carbocycles. The molecule has 0 aliphatic carbocycles. The quantitative estimate of drug-likeness (QED) is 0.814. The molecule has 0 bridgehead atoms. The average Bonchev–Trinajstić information content (AvgIpc) is 2.38. The van der Waals surface area contributed by atoms with Crippen LogP contribution in [0.3, 0.4) is 0 Å². The lowest BCUT2D eigenvalue weighted by Gasteiger charge is -2.22. The van der Waals surface area contributed by atoms with Gasteiger partial charge < -0.3 is 5.32 Å². The molecule has 0 aliphatic rings. The molecule has 19 heavy (non-hydrogen) atoms. The number of Topliss-reactive ketones (excluding diaryl/α,β-unsaturated/α-hetero) is 1. The van der Waals surface area contributed by atoms with Gasteiger partial charge in [-0.1, -0.05) is 28.1 Å². The largest absolute Gasteiger partial charge is 0.355 e. The molecule has 1 atom stereocenters. The molecule has 1 N–H and O–H groups in total. The molecule has 1 unspecified atom stereocenters. The van der Waals surface area contributed by atoms with Gasteiger partial charge in [0.05, 0.1) is 12.6 Å². The first-order valence-electron chi connectivity index (χ1n) is 6.22. The lowest BCUT2D eigenvalue weighted by atomic mass is 10.0. The Morgan fingerprint density at radius 1 is 1.32 bits per heavy atom. The van der Waals surface area contributed by atoms with Gasteiger partial charge in [0.25, 0.3) is 0 Å². The van der Waals surface area contributed by atoms with Crippen molar-refractivity contribution in [1.82, 2.24) is 10.2 Å². The van der Waals surface area contributed by atoms with Crippen molar-refractivity contribution < 1.29 is 9.59 Å². The minimum atomic E-state index is -0.330. The van der Waals surface area contributed by atoms with E-state index in [-0.39, 0.29) is 24.3 Å². The normalized spacial score (nSPS) is 12.3. The van der Waals surface area contributed by atoms with E-state index in [1.165, 1.54) is 0 Å². The number of halogens is 1. The van der Waals surface area contributed by atoms with Crippen molar-refractivity contribution in [1.29, 1.82) is 0 Å². The van der Waals surface area contributed by atoms with Crippen LogP contribution in [-0.2, 0) is 4.79 Å². The monoisotopic (exact) mass is 326 g/mol. The van der Waals surface area contributed by atoms with Crippen LogP contribution >= 0.6 is 15.9 Å². The van der Waals surface area contributed by atoms with Gasteiger partial charge in [0.15, 0.2) is 5.78 Å². The Balaban J connectivity index is 2.65. The number of nitrogens with zero attached hydrogens (tertiary/aromatic N) is 1. The maximum atomic E-state index is 12.2. The molecule has 0 saturated heterocycles. The summed E-state index contributed by atoms with van der Waals surface area (Å²) in [6.07, 6.45) is 0. The number of amides is 1. The number of benzene rings is 1. The molecule has 0 heterocycles. The highest BCUT2D eigenvalue weighted by Gasteiger charge is 2.21. The smallest absolute Gasteiger partial charge is 0.234 e. The Kier molecular flexibility index (Phi) is 6.18. The van der Waals surface area contributed by atoms with E-state index in [0.717, 1.165) is 4.47 Å². The lowest BCUT2D eigenvalue weighted by molar-refractivity contribution is -0.122. The van der Waals surface area contributed by atoms with Crippen molar-refractivity contribution in [2.24, 2.45) is 0 Å². The summed E-state index contributed by atoms with van der Waals surface area (Å²) in [6.45, 7) is 4.50. The highest BCUT2D eigenvalue weighted by Crippen LogP contribution is 2.13. The summed E-state index contributed by atoms with van der Waals surface area (Å²) in [7, 11) is 1.77. The topological polar surface area (TPSA) is 49.4 Å². The predicted octanol–water partition coefficient (Wildman–Crippen LogP) is 2.09. The van der Waals surface area contributed by atoms with Gasteiger partial charge in [-0.05, 0) is 33.0 Å². The molecule has 1 aromatic rings. The molecule has 1 rings (SSSR count). The standard InChI is InChI=1S/C14H19BrN2O2/c1-4-16-13(18)9-17(3)10(2)14(19)11-5-7-12(15)8-6-11/h5-8,10H,4,9H2,1-3H3,(H,16,18). The van der Waals surface area contributed by atoms with Gasteiger partial charge in [0.1, 0.15) is 0 Å². The summed E-state index contributed by atoms with van der Waals surface area (Å²) in [4.78, 5) is 25.5. The number of carbonyl (C=O) groups excluding carboxylic acids is 2. The van der Waals surface area contributed by atoms with E-state index >= 15 is 0 Å². The fourth-order valence-electron chi connectivity index (χ4n) is 1.67. The van der Waals surface area contributed by atoms with Crippen molar-refractivity contribution >= 4 is 27.6 Å². The van der Waals surface area contributed by atoms with Crippen molar-refractivity contribution in [2.45, 2.75) is 19.9 Å². The predicted molar refractivity (Wildman–Crippen MR) is 79.2 cm³/mol. The summed E-state index contributed by atoms with van der Waals surface area (Å²) in [5.74, 6) is -0.0558. The van der Waals surface area contributed by atoms with Crippen LogP contribution in [-0.4, -0.2) is 42.8 Å². The first kappa shape index (κ1) is 15.9. The van der Waals surface area contributed by atoms with Gasteiger partial charge in [-0.15, -0.1) is 0 Å². The van der Waals surface area contributed by atoms with Crippen LogP contribution < -0.4 is 5.32 Å². The number of ketones is 1. The van der Waals surface area contributed by atoms with Crippen LogP contribution in [0.4, 0.5) is 0 Å². The fourth-order valence-corrected chi connectivity index (χ4v) is 1.94. The molecule has 104 valence electrons. The van der Waals surface area contributed by atoms with Gasteiger partial charge in [-0.3, -0.25) is 14.5 Å². The molecule has 1 amide bonds. The second-order valence-corrected chi connectivity index (χ2v) is 5.33. The first-order valence-corrected chi connectivity index (χ1v) is 7.01. The first-order chi connectivity index (χ1) is 8.95. The van der Waals surface area contributed by atoms with E-state index in [4.69, 9.17) is 0 Å². The summed E-state index contributed by atoms with van der Waals surface area (Å²) >= 11 is 3.34. The number of likely N-dealkylation sites (N-methyl/N-ethyl adjacent to an activating group) is 2. The number of hydrogen-bond acceptors (Lipinski definition) is 3. The SMILES string of the molecule is CCNC(=O)CN(C)C(C)C(=O)c1ccc(Br)cc1. The maximum absolute atomic E-state index is 12.2. The fraction of sp³-hybridized carbons (Fsp3) is 0.429. The van der Waals surface area contributed by atoms with Gasteiger partial charge in [0, 0.05) is 16.6 Å². The van der Waals surface area contributed by atoms with Crippen molar-refractivity contribution in [2.75, 3.05) is 20.1 Å². The lowest BCUT2D eigenvalue weighted by Crippen LogP contribution is -2.42. The summed E-state index contributed by atoms with van der Waals surface area (Å²) in [5.41, 5.74) is 0.651. The Bertz CT molecular complexity index is 445. The minimum Gasteiger partial charge on any atom is -0.355 e. The Hall–Kier alpha value is -1.20. The van der Waals surface area contributed by atoms with Gasteiger partial charge in [0.2, 0.25) is 5.91 Å². The number of hydrogen-bond donors (Lipinski definition) is 1. The molecule has 0 spiro atoms. The molecule has 0 radical (unpaired) electrons. The molecule has 0 aliphatic heterocycles. The summed E-state index contributed by atoms with van der Waals surface area (Å²) in [5, 5.41) is 2.72. The number of nitrogens with one attached hydrogen (secondary N) is 1. The van der Waals surface area contributed by atoms with E-state index in [9.17, 15) is 9.59 Å². The van der Waals surface area contributed by atoms with Crippen LogP contribution in [0, 0.1) is 0 Å². The van der Waals surface area contributed by atoms with E-state index in [2.05, 4.69) is 21.2 Å². The Morgan fingerprint density at radius 2 is 1.89 bits per heavy atom. The zero-order valence-corrected chi connectivity index (χ0v) is 13.0. The maximum Gasteiger partial charge on any atom is 0.234 e. The summed E-state index contributed by atoms with van der Waals surface area (Å²) < 4.78 is 0.937. The molecule has 0 aromatic heterocycles. The third-order valence-corrected chi connectivity index (χ3v) is 3.46. The molecule has 5 heteroatoms. The Morgan fingerprint density at radius 3 is 2.42 bits per heavy atom. The van der Waals surface area contributed by atoms with Crippen LogP contribution in [0.25, 0.3) is 0 Å². The highest BCUT2D eigenvalue weighted by atomic mass is 79.9. The van der Waals surface area contributed by atoms with Crippen LogP contribution in [0.1, 0.15) is 24.2 Å². The van der Waals surface area contributed by atoms with Crippen LogP contribution in [0.2, 0.25) is 0 Å². The average molecular weight is 327 g/mol. The van der Waals surface area contributed by atoms with Crippen LogP contribution in [0.15, 0.2) is 28.7 Å². The van der Waals surface area contributed by atoms with E-state index in [1.807, 2.05) is 26.0 Å². The van der Waals surface area contributed by atoms with E-state index in [1.54, 1.807) is 24.1 Å². The van der Waals surface area contributed by atoms with Crippen molar-refractivity contribution in [3.63, 3.8) is 0 Å². The third-order valence-electron chi connectivity index (χ3n) is 2.94. The van der Waals surface area contributed by atoms with E-state index in [0.29, 0.717) is 12.1 Å². The minimum absolute atomic E-state index is 0.0132. The van der Waals surface area contributed by atoms with Crippen molar-refractivity contribution in [3.05, 3.63) is 34.3 Å². The zero-order valence-electron chi connectivity index (χ0n) is 11.4. The number of carbonyl (C=O) groups is 2. The van der Waals surface area contributed by atoms with E-state index < -0.39 is 0 Å². The second kappa shape index (κ2) is 7.40. The molecule has 0 saturated carbocycles. The van der Waals surface area contributed by atoms with Gasteiger partial charge >= 0.3 is 0 Å². The van der Waals surface area contributed by atoms with Crippen molar-refractivity contribution in [3.8, 4) is 0 Å². The van der Waals surface area contributed by atoms with Crippen LogP contribution in [0.5, 0.6) is 0 Å². The number of rotatable bonds is 6. The molecule has 4 nitrogen and oxygen atoms in total. The molecule has 0 fully saturated rings. The summed E-state index contributed by atoms with van der Waals surface area (Å²) in [6, 6.07) is 6.91. The van der Waals surface area contributed by atoms with Gasteiger partial charge in [-0.25, -0.2) is 0 Å². The highest BCUT2D eigenvalue weighted by molar-refractivity contribution is 9.10. The second-order valence-electron chi connectivity index (χ2n) is 4.42. The Labute approximate surface area is 122 Å².